The number of ether oxygens (including phenoxy) is 1. The number of imidazole rings is 1. The predicted molar refractivity (Wildman–Crippen MR) is 90.2 cm³/mol. The first kappa shape index (κ1) is 16.8. The number of carbonyl (C=O) groups is 1. The van der Waals surface area contributed by atoms with Crippen LogP contribution in [-0.2, 0) is 16.1 Å². The number of amides is 1. The molecule has 5 nitrogen and oxygen atoms in total. The van der Waals surface area contributed by atoms with E-state index in [9.17, 15) is 4.79 Å². The van der Waals surface area contributed by atoms with Crippen LogP contribution in [0.1, 0.15) is 20.3 Å². The van der Waals surface area contributed by atoms with Crippen LogP contribution in [0.15, 0.2) is 29.4 Å². The van der Waals surface area contributed by atoms with Gasteiger partial charge in [0.1, 0.15) is 0 Å². The fourth-order valence-electron chi connectivity index (χ4n) is 2.23. The normalized spacial score (nSPS) is 12.5. The maximum Gasteiger partial charge on any atom is 0.233 e. The number of aryl methyl sites for hydroxylation is 1. The van der Waals surface area contributed by atoms with Gasteiger partial charge in [-0.2, -0.15) is 0 Å². The molecule has 0 aliphatic carbocycles. The lowest BCUT2D eigenvalue weighted by Crippen LogP contribution is -2.32. The van der Waals surface area contributed by atoms with Crippen LogP contribution < -0.4 is 5.32 Å². The minimum absolute atomic E-state index is 0.0378. The van der Waals surface area contributed by atoms with Crippen LogP contribution in [0.3, 0.4) is 0 Å². The average Bonchev–Trinajstić information content (AvgIpc) is 2.88. The van der Waals surface area contributed by atoms with Crippen LogP contribution >= 0.6 is 11.8 Å². The Morgan fingerprint density at radius 2 is 2.23 bits per heavy atom. The van der Waals surface area contributed by atoms with Crippen molar-refractivity contribution in [1.29, 1.82) is 0 Å². The number of nitrogens with zero attached hydrogens (tertiary/aromatic N) is 2. The highest BCUT2D eigenvalue weighted by atomic mass is 32.2. The highest BCUT2D eigenvalue weighted by Crippen LogP contribution is 2.27. The Morgan fingerprint density at radius 1 is 1.45 bits per heavy atom. The second-order valence-electron chi connectivity index (χ2n) is 5.02. The van der Waals surface area contributed by atoms with Crippen molar-refractivity contribution >= 4 is 28.7 Å². The number of hydrogen-bond donors (Lipinski definition) is 1. The van der Waals surface area contributed by atoms with E-state index in [2.05, 4.69) is 27.9 Å². The molecule has 1 unspecified atom stereocenters. The number of carbonyl (C=O) groups excluding carboxylic acids is 1. The van der Waals surface area contributed by atoms with Gasteiger partial charge in [-0.1, -0.05) is 23.9 Å². The van der Waals surface area contributed by atoms with E-state index in [1.165, 1.54) is 11.8 Å². The molecule has 120 valence electrons. The molecule has 0 radical (unpaired) electrons. The molecule has 2 aromatic rings. The van der Waals surface area contributed by atoms with Crippen LogP contribution in [-0.4, -0.2) is 41.0 Å². The topological polar surface area (TPSA) is 56.2 Å². The molecule has 0 saturated carbocycles. The summed E-state index contributed by atoms with van der Waals surface area (Å²) in [6.07, 6.45) is 0.826. The molecule has 1 heterocycles. The second-order valence-corrected chi connectivity index (χ2v) is 6.33. The van der Waals surface area contributed by atoms with E-state index in [0.717, 1.165) is 29.2 Å². The van der Waals surface area contributed by atoms with Crippen molar-refractivity contribution in [3.8, 4) is 0 Å². The van der Waals surface area contributed by atoms with Crippen molar-refractivity contribution in [2.24, 2.45) is 0 Å². The third kappa shape index (κ3) is 4.01. The number of rotatable bonds is 8. The summed E-state index contributed by atoms with van der Waals surface area (Å²) in [7, 11) is 1.66. The Bertz CT molecular complexity index is 627. The lowest BCUT2D eigenvalue weighted by Gasteiger charge is -2.12. The maximum absolute atomic E-state index is 12.1. The minimum atomic E-state index is -0.176. The molecule has 1 amide bonds. The summed E-state index contributed by atoms with van der Waals surface area (Å²) in [5.74, 6) is 0.0378. The first-order chi connectivity index (χ1) is 10.7. The largest absolute Gasteiger partial charge is 0.385 e. The summed E-state index contributed by atoms with van der Waals surface area (Å²) < 4.78 is 7.12. The Balaban J connectivity index is 2.02. The molecule has 22 heavy (non-hydrogen) atoms. The first-order valence-corrected chi connectivity index (χ1v) is 8.44. The van der Waals surface area contributed by atoms with E-state index in [4.69, 9.17) is 4.74 Å². The van der Waals surface area contributed by atoms with E-state index in [-0.39, 0.29) is 11.2 Å². The zero-order valence-electron chi connectivity index (χ0n) is 13.3. The van der Waals surface area contributed by atoms with Crippen LogP contribution in [0.4, 0.5) is 0 Å². The molecule has 0 spiro atoms. The Morgan fingerprint density at radius 3 is 2.95 bits per heavy atom. The fourth-order valence-corrected chi connectivity index (χ4v) is 3.24. The number of para-hydroxylation sites is 2. The van der Waals surface area contributed by atoms with Gasteiger partial charge in [0, 0.05) is 26.8 Å². The smallest absolute Gasteiger partial charge is 0.233 e. The molecule has 1 N–H and O–H groups in total. The van der Waals surface area contributed by atoms with Crippen LogP contribution in [0.25, 0.3) is 11.0 Å². The van der Waals surface area contributed by atoms with E-state index in [0.29, 0.717) is 13.2 Å². The molecule has 0 saturated heterocycles. The molecular formula is C16H23N3O2S. The van der Waals surface area contributed by atoms with Crippen molar-refractivity contribution in [3.05, 3.63) is 24.3 Å². The molecular weight excluding hydrogens is 298 g/mol. The van der Waals surface area contributed by atoms with Crippen molar-refractivity contribution < 1.29 is 9.53 Å². The highest BCUT2D eigenvalue weighted by molar-refractivity contribution is 8.00. The molecule has 1 aromatic carbocycles. The Labute approximate surface area is 135 Å². The van der Waals surface area contributed by atoms with E-state index in [1.807, 2.05) is 25.1 Å². The van der Waals surface area contributed by atoms with Crippen LogP contribution in [0, 0.1) is 0 Å². The minimum Gasteiger partial charge on any atom is -0.385 e. The lowest BCUT2D eigenvalue weighted by molar-refractivity contribution is -0.120. The highest BCUT2D eigenvalue weighted by Gasteiger charge is 2.18. The van der Waals surface area contributed by atoms with Gasteiger partial charge in [0.2, 0.25) is 5.91 Å². The molecule has 0 aliphatic heterocycles. The third-order valence-corrected chi connectivity index (χ3v) is 4.50. The Hall–Kier alpha value is -1.53. The number of nitrogens with one attached hydrogen (secondary N) is 1. The Kier molecular flexibility index (Phi) is 6.27. The molecule has 2 rings (SSSR count). The molecule has 0 aliphatic rings. The summed E-state index contributed by atoms with van der Waals surface area (Å²) in [4.78, 5) is 16.8. The molecule has 0 bridgehead atoms. The number of hydrogen-bond acceptors (Lipinski definition) is 4. The summed E-state index contributed by atoms with van der Waals surface area (Å²) in [5.41, 5.74) is 2.08. The summed E-state index contributed by atoms with van der Waals surface area (Å²) in [6.45, 7) is 6.14. The fraction of sp³-hybridized carbons (Fsp3) is 0.500. The van der Waals surface area contributed by atoms with Crippen LogP contribution in [0.2, 0.25) is 0 Å². The van der Waals surface area contributed by atoms with Crippen molar-refractivity contribution in [1.82, 2.24) is 14.9 Å². The van der Waals surface area contributed by atoms with Gasteiger partial charge in [-0.25, -0.2) is 4.98 Å². The number of fused-ring (bicyclic) bond motifs is 1. The summed E-state index contributed by atoms with van der Waals surface area (Å²) in [6, 6.07) is 8.05. The van der Waals surface area contributed by atoms with Crippen LogP contribution in [0.5, 0.6) is 0 Å². The maximum atomic E-state index is 12.1. The van der Waals surface area contributed by atoms with Gasteiger partial charge < -0.3 is 14.6 Å². The quantitative estimate of drug-likeness (QED) is 0.600. The predicted octanol–water partition coefficient (Wildman–Crippen LogP) is 2.69. The van der Waals surface area contributed by atoms with Gasteiger partial charge >= 0.3 is 0 Å². The van der Waals surface area contributed by atoms with E-state index in [1.54, 1.807) is 7.11 Å². The lowest BCUT2D eigenvalue weighted by atomic mass is 10.3. The number of aromatic nitrogens is 2. The number of thioether (sulfide) groups is 1. The summed E-state index contributed by atoms with van der Waals surface area (Å²) in [5, 5.41) is 3.65. The van der Waals surface area contributed by atoms with Gasteiger partial charge in [0.05, 0.1) is 16.3 Å². The molecule has 1 aromatic heterocycles. The first-order valence-electron chi connectivity index (χ1n) is 7.56. The average molecular weight is 321 g/mol. The SMILES string of the molecule is CCn1c(SC(C)C(=O)NCCCOC)nc2ccccc21. The number of methoxy groups -OCH3 is 1. The number of benzene rings is 1. The van der Waals surface area contributed by atoms with E-state index >= 15 is 0 Å². The molecule has 0 fully saturated rings. The molecule has 1 atom stereocenters. The van der Waals surface area contributed by atoms with Crippen molar-refractivity contribution in [2.75, 3.05) is 20.3 Å². The van der Waals surface area contributed by atoms with Crippen molar-refractivity contribution in [2.45, 2.75) is 37.2 Å². The monoisotopic (exact) mass is 321 g/mol. The van der Waals surface area contributed by atoms with Gasteiger partial charge in [0.25, 0.3) is 0 Å². The zero-order valence-corrected chi connectivity index (χ0v) is 14.2. The van der Waals surface area contributed by atoms with Gasteiger partial charge in [0.15, 0.2) is 5.16 Å². The summed E-state index contributed by atoms with van der Waals surface area (Å²) >= 11 is 1.50. The molecule has 6 heteroatoms. The van der Waals surface area contributed by atoms with Gasteiger partial charge in [-0.3, -0.25) is 4.79 Å². The van der Waals surface area contributed by atoms with Crippen molar-refractivity contribution in [3.63, 3.8) is 0 Å². The van der Waals surface area contributed by atoms with E-state index < -0.39 is 0 Å². The van der Waals surface area contributed by atoms with Gasteiger partial charge in [-0.05, 0) is 32.4 Å². The third-order valence-electron chi connectivity index (χ3n) is 3.41. The van der Waals surface area contributed by atoms with Gasteiger partial charge in [-0.15, -0.1) is 0 Å². The second kappa shape index (κ2) is 8.19. The zero-order chi connectivity index (χ0) is 15.9. The standard InChI is InChI=1S/C16H23N3O2S/c1-4-19-14-9-6-5-8-13(14)18-16(19)22-12(2)15(20)17-10-7-11-21-3/h5-6,8-9,12H,4,7,10-11H2,1-3H3,(H,17,20).